The van der Waals surface area contributed by atoms with Crippen LogP contribution in [0, 0.1) is 0 Å². The maximum atomic E-state index is 11.8. The predicted molar refractivity (Wildman–Crippen MR) is 249 cm³/mol. The number of ether oxygens (including phenoxy) is 2. The Morgan fingerprint density at radius 3 is 1.26 bits per heavy atom. The van der Waals surface area contributed by atoms with Crippen LogP contribution in [0.1, 0.15) is 43.0 Å². The molecule has 0 unspecified atom stereocenters. The van der Waals surface area contributed by atoms with E-state index in [4.69, 9.17) is 20.9 Å². The molecule has 350 valence electrons. The molecular formula is C42H64AlLiN12O9. The third-order valence-electron chi connectivity index (χ3n) is 7.46. The number of pyridine rings is 4. The summed E-state index contributed by atoms with van der Waals surface area (Å²) in [7, 11) is 6.89. The SMILES string of the molecule is CC(C)(C)OC(=O)N1CC(=O)O1.CN(C(=O)CN)c1ccncc1.CN(C(=O)CN)c1ccncc1.CN(C(=O)CNC(=O)OC(C)(C)C)c1ccncc1.CNc1ccncc1.[AlH3].[H-].[Li+]. The molecule has 4 aromatic heterocycles. The Morgan fingerprint density at radius 2 is 0.985 bits per heavy atom. The number of hydrogen-bond acceptors (Lipinski definition) is 16. The Labute approximate surface area is 404 Å². The van der Waals surface area contributed by atoms with Crippen molar-refractivity contribution in [2.24, 2.45) is 11.5 Å². The Kier molecular flexibility index (Phi) is 29.7. The summed E-state index contributed by atoms with van der Waals surface area (Å²) in [4.78, 5) is 91.0. The van der Waals surface area contributed by atoms with Crippen LogP contribution in [0.2, 0.25) is 0 Å². The van der Waals surface area contributed by atoms with Crippen molar-refractivity contribution in [1.29, 1.82) is 0 Å². The monoisotopic (exact) mass is 914 g/mol. The minimum Gasteiger partial charge on any atom is -1.00 e. The molecule has 0 atom stereocenters. The second-order valence-electron chi connectivity index (χ2n) is 14.7. The molecule has 6 N–H and O–H groups in total. The van der Waals surface area contributed by atoms with E-state index in [0.717, 1.165) is 22.1 Å². The van der Waals surface area contributed by atoms with E-state index in [1.54, 1.807) is 149 Å². The van der Waals surface area contributed by atoms with E-state index < -0.39 is 29.4 Å². The maximum Gasteiger partial charge on any atom is 1.00 e. The van der Waals surface area contributed by atoms with Gasteiger partial charge in [0.05, 0.1) is 13.1 Å². The first kappa shape index (κ1) is 61.0. The van der Waals surface area contributed by atoms with Crippen molar-refractivity contribution in [2.75, 3.05) is 74.4 Å². The quantitative estimate of drug-likeness (QED) is 0.160. The number of amides is 5. The smallest absolute Gasteiger partial charge is 1.00 e. The van der Waals surface area contributed by atoms with Crippen molar-refractivity contribution >= 4 is 76.0 Å². The van der Waals surface area contributed by atoms with E-state index in [1.165, 1.54) is 14.7 Å². The number of hydrogen-bond donors (Lipinski definition) is 4. The fourth-order valence-corrected chi connectivity index (χ4v) is 4.16. The molecule has 65 heavy (non-hydrogen) atoms. The second-order valence-corrected chi connectivity index (χ2v) is 14.7. The van der Waals surface area contributed by atoms with Crippen LogP contribution >= 0.6 is 0 Å². The average molecular weight is 915 g/mol. The van der Waals surface area contributed by atoms with Crippen LogP contribution in [0.25, 0.3) is 0 Å². The Bertz CT molecular complexity index is 1940. The third-order valence-corrected chi connectivity index (χ3v) is 7.46. The van der Waals surface area contributed by atoms with E-state index in [-0.39, 0.29) is 81.5 Å². The minimum absolute atomic E-state index is 0. The molecule has 0 aliphatic carbocycles. The van der Waals surface area contributed by atoms with Gasteiger partial charge in [-0.05, 0) is 90.1 Å². The van der Waals surface area contributed by atoms with Gasteiger partial charge in [-0.2, -0.15) is 0 Å². The fourth-order valence-electron chi connectivity index (χ4n) is 4.16. The summed E-state index contributed by atoms with van der Waals surface area (Å²) >= 11 is 0. The van der Waals surface area contributed by atoms with Crippen molar-refractivity contribution in [3.05, 3.63) is 98.1 Å². The molecule has 23 heteroatoms. The Morgan fingerprint density at radius 1 is 0.662 bits per heavy atom. The van der Waals surface area contributed by atoms with E-state index >= 15 is 0 Å². The molecule has 5 heterocycles. The van der Waals surface area contributed by atoms with Crippen LogP contribution in [0.15, 0.2) is 98.1 Å². The number of anilines is 4. The number of carbonyl (C=O) groups is 6. The van der Waals surface area contributed by atoms with Crippen LogP contribution in [-0.2, 0) is 33.5 Å². The number of alkyl carbamates (subject to hydrolysis) is 1. The van der Waals surface area contributed by atoms with Gasteiger partial charge in [0.15, 0.2) is 23.9 Å². The van der Waals surface area contributed by atoms with Crippen LogP contribution in [0.4, 0.5) is 32.3 Å². The number of aromatic nitrogens is 4. The molecule has 0 saturated carbocycles. The van der Waals surface area contributed by atoms with Gasteiger partial charge in [-0.1, -0.05) is 0 Å². The summed E-state index contributed by atoms with van der Waals surface area (Å²) in [6, 6.07) is 14.3. The number of carbonyl (C=O) groups excluding carboxylic acids is 6. The summed E-state index contributed by atoms with van der Waals surface area (Å²) in [5.41, 5.74) is 12.7. The van der Waals surface area contributed by atoms with Crippen LogP contribution in [-0.4, -0.2) is 144 Å². The zero-order valence-electron chi connectivity index (χ0n) is 39.5. The van der Waals surface area contributed by atoms with E-state index in [2.05, 4.69) is 35.4 Å². The van der Waals surface area contributed by atoms with Crippen LogP contribution < -0.4 is 55.7 Å². The largest absolute Gasteiger partial charge is 1.00 e. The molecule has 0 radical (unpaired) electrons. The number of nitrogens with zero attached hydrogens (tertiary/aromatic N) is 8. The molecule has 0 spiro atoms. The number of likely N-dealkylation sites (N-methyl/N-ethyl adjacent to an activating group) is 3. The van der Waals surface area contributed by atoms with Gasteiger partial charge in [0.25, 0.3) is 0 Å². The fraction of sp³-hybridized carbons (Fsp3) is 0.381. The molecule has 1 aliphatic rings. The second kappa shape index (κ2) is 31.7. The summed E-state index contributed by atoms with van der Waals surface area (Å²) < 4.78 is 9.94. The maximum absolute atomic E-state index is 11.8. The minimum atomic E-state index is -0.623. The molecular weight excluding hydrogens is 850 g/mol. The van der Waals surface area contributed by atoms with Crippen molar-refractivity contribution in [3.8, 4) is 0 Å². The molecule has 0 bridgehead atoms. The van der Waals surface area contributed by atoms with Gasteiger partial charge in [-0.15, -0.1) is 5.06 Å². The molecule has 1 saturated heterocycles. The third kappa shape index (κ3) is 26.3. The number of hydroxylamine groups is 2. The molecule has 1 aliphatic heterocycles. The van der Waals surface area contributed by atoms with E-state index in [9.17, 15) is 28.8 Å². The van der Waals surface area contributed by atoms with Gasteiger partial charge in [-0.3, -0.25) is 34.3 Å². The van der Waals surface area contributed by atoms with E-state index in [1.807, 2.05) is 19.2 Å². The number of rotatable bonds is 8. The summed E-state index contributed by atoms with van der Waals surface area (Å²) in [6.45, 7) is 10.4. The van der Waals surface area contributed by atoms with Gasteiger partial charge in [0, 0.05) is 101 Å². The van der Waals surface area contributed by atoms with Gasteiger partial charge in [0.2, 0.25) is 17.7 Å². The summed E-state index contributed by atoms with van der Waals surface area (Å²) in [5.74, 6) is -0.875. The molecule has 5 amide bonds. The Hall–Kier alpha value is -6.13. The molecule has 21 nitrogen and oxygen atoms in total. The topological polar surface area (TPSA) is 271 Å². The van der Waals surface area contributed by atoms with Crippen molar-refractivity contribution < 1.29 is 63.4 Å². The summed E-state index contributed by atoms with van der Waals surface area (Å²) in [5, 5.41) is 6.29. The van der Waals surface area contributed by atoms with Crippen LogP contribution in [0.5, 0.6) is 0 Å². The zero-order chi connectivity index (χ0) is 47.6. The number of nitrogens with one attached hydrogen (secondary N) is 2. The van der Waals surface area contributed by atoms with Gasteiger partial charge in [-0.25, -0.2) is 14.4 Å². The van der Waals surface area contributed by atoms with Crippen molar-refractivity contribution in [3.63, 3.8) is 0 Å². The van der Waals surface area contributed by atoms with Crippen LogP contribution in [0.3, 0.4) is 0 Å². The number of nitrogens with two attached hydrogens (primary N) is 2. The summed E-state index contributed by atoms with van der Waals surface area (Å²) in [6.07, 6.45) is 12.0. The normalized spacial score (nSPS) is 10.8. The zero-order valence-corrected chi connectivity index (χ0v) is 38.5. The molecule has 5 rings (SSSR count). The molecule has 1 fully saturated rings. The van der Waals surface area contributed by atoms with Gasteiger partial charge >= 0.3 is 37.0 Å². The first-order valence-corrected chi connectivity index (χ1v) is 19.3. The van der Waals surface area contributed by atoms with Gasteiger partial charge in [0.1, 0.15) is 17.7 Å². The average Bonchev–Trinajstić information content (AvgIpc) is 3.26. The predicted octanol–water partition coefficient (Wildman–Crippen LogP) is -0.673. The standard InChI is InChI=1S/C13H19N3O3.2C8H11N3O.C7H11NO4.C6H8N2.Al.Li.4H/c1-13(2,3)19-12(18)15-9-11(17)16(4)10-5-7-14-8-6-10;2*1-11(8(12)6-9)7-2-4-10-5-3-7;1-7(2,3)11-6(10)8-4-5(9)12-8;1-7-6-2-4-8-5-3-6;;;;;;/h5-8H,9H2,1-4H3,(H,15,18);2*2-5H,6,9H2,1H3;4H2,1-3H3;2-5H,1H3,(H,7,8);;;;;;/q;;;;;;+1;;;;-1. The van der Waals surface area contributed by atoms with Gasteiger partial charge < -0.3 is 52.5 Å². The first-order chi connectivity index (χ1) is 29.6. The van der Waals surface area contributed by atoms with E-state index in [0.29, 0.717) is 5.69 Å². The molecule has 4 aromatic rings. The Balaban J connectivity index is -0.000000762. The first-order valence-electron chi connectivity index (χ1n) is 19.3. The van der Waals surface area contributed by atoms with Crippen molar-refractivity contribution in [1.82, 2.24) is 30.3 Å². The van der Waals surface area contributed by atoms with Crippen molar-refractivity contribution in [2.45, 2.75) is 52.7 Å². The molecule has 0 aromatic carbocycles.